The molecule has 162 valence electrons. The number of aliphatic hydroxyl groups is 4. The maximum atomic E-state index is 11.5. The smallest absolute Gasteiger partial charge is 0.309 e. The lowest BCUT2D eigenvalue weighted by atomic mass is 9.99. The van der Waals surface area contributed by atoms with Crippen LogP contribution < -0.4 is 0 Å². The summed E-state index contributed by atoms with van der Waals surface area (Å²) in [7, 11) is 1.35. The first-order valence-corrected chi connectivity index (χ1v) is 9.60. The number of hydrogen-bond donors (Lipinski definition) is 4. The molecule has 8 heteroatoms. The van der Waals surface area contributed by atoms with Crippen molar-refractivity contribution < 1.29 is 39.4 Å². The van der Waals surface area contributed by atoms with Crippen LogP contribution in [0.15, 0.2) is 48.5 Å². The summed E-state index contributed by atoms with van der Waals surface area (Å²) in [4.78, 5) is 11.5. The zero-order chi connectivity index (χ0) is 21.7. The van der Waals surface area contributed by atoms with E-state index in [9.17, 15) is 25.2 Å². The van der Waals surface area contributed by atoms with Crippen LogP contribution in [0.4, 0.5) is 0 Å². The lowest BCUT2D eigenvalue weighted by molar-refractivity contribution is -0.304. The van der Waals surface area contributed by atoms with Gasteiger partial charge in [-0.1, -0.05) is 42.5 Å². The number of carbonyl (C=O) groups excluding carboxylic acids is 1. The lowest BCUT2D eigenvalue weighted by Gasteiger charge is -2.39. The Hall–Kier alpha value is -2.33. The molecule has 0 aromatic heterocycles. The molecule has 0 spiro atoms. The van der Waals surface area contributed by atoms with Crippen molar-refractivity contribution in [3.8, 4) is 11.1 Å². The van der Waals surface area contributed by atoms with Crippen molar-refractivity contribution in [3.05, 3.63) is 59.7 Å². The second kappa shape index (κ2) is 10.1. The van der Waals surface area contributed by atoms with Crippen LogP contribution in [0.3, 0.4) is 0 Å². The number of rotatable bonds is 7. The van der Waals surface area contributed by atoms with E-state index in [4.69, 9.17) is 14.2 Å². The fraction of sp³-hybridized carbons (Fsp3) is 0.409. The topological polar surface area (TPSA) is 126 Å². The van der Waals surface area contributed by atoms with E-state index in [0.29, 0.717) is 0 Å². The van der Waals surface area contributed by atoms with Gasteiger partial charge in [0.25, 0.3) is 0 Å². The summed E-state index contributed by atoms with van der Waals surface area (Å²) >= 11 is 0. The van der Waals surface area contributed by atoms with Crippen LogP contribution in [0.5, 0.6) is 0 Å². The van der Waals surface area contributed by atoms with Crippen LogP contribution in [0.2, 0.25) is 0 Å². The highest BCUT2D eigenvalue weighted by atomic mass is 16.7. The summed E-state index contributed by atoms with van der Waals surface area (Å²) < 4.78 is 15.7. The van der Waals surface area contributed by atoms with Crippen molar-refractivity contribution in [2.24, 2.45) is 0 Å². The molecular formula is C22H26O8. The minimum atomic E-state index is -1.48. The van der Waals surface area contributed by atoms with E-state index in [1.807, 2.05) is 48.5 Å². The third-order valence-corrected chi connectivity index (χ3v) is 5.03. The van der Waals surface area contributed by atoms with Crippen LogP contribution in [0, 0.1) is 0 Å². The average molecular weight is 418 g/mol. The standard InChI is InChI=1S/C22H26O8/c1-28-18(24)10-13-4-2-6-15(8-13)16-7-3-5-14(9-16)12-29-22-21(27)20(26)19(25)17(11-23)30-22/h2-9,17,19-23,25-27H,10-12H2,1H3. The predicted octanol–water partition coefficient (Wildman–Crippen LogP) is 0.386. The van der Waals surface area contributed by atoms with E-state index >= 15 is 0 Å². The molecule has 0 bridgehead atoms. The molecule has 8 nitrogen and oxygen atoms in total. The first-order chi connectivity index (χ1) is 14.4. The van der Waals surface area contributed by atoms with E-state index in [1.54, 1.807) is 0 Å². The molecule has 1 aliphatic heterocycles. The molecule has 30 heavy (non-hydrogen) atoms. The van der Waals surface area contributed by atoms with Gasteiger partial charge in [-0.25, -0.2) is 0 Å². The van der Waals surface area contributed by atoms with Crippen molar-refractivity contribution in [2.75, 3.05) is 13.7 Å². The van der Waals surface area contributed by atoms with Gasteiger partial charge in [-0.05, 0) is 28.3 Å². The van der Waals surface area contributed by atoms with Crippen molar-refractivity contribution in [2.45, 2.75) is 43.7 Å². The molecule has 4 N–H and O–H groups in total. The van der Waals surface area contributed by atoms with Gasteiger partial charge in [0.2, 0.25) is 0 Å². The molecule has 0 amide bonds. The molecule has 3 rings (SSSR count). The van der Waals surface area contributed by atoms with Gasteiger partial charge in [0, 0.05) is 0 Å². The summed E-state index contributed by atoms with van der Waals surface area (Å²) in [5.74, 6) is -0.311. The van der Waals surface area contributed by atoms with Crippen LogP contribution in [0.1, 0.15) is 11.1 Å². The van der Waals surface area contributed by atoms with Gasteiger partial charge in [0.15, 0.2) is 6.29 Å². The number of methoxy groups -OCH3 is 1. The van der Waals surface area contributed by atoms with Crippen LogP contribution in [0.25, 0.3) is 11.1 Å². The van der Waals surface area contributed by atoms with Crippen LogP contribution in [-0.4, -0.2) is 70.8 Å². The Morgan fingerprint density at radius 3 is 2.23 bits per heavy atom. The number of hydrogen-bond acceptors (Lipinski definition) is 8. The Morgan fingerprint density at radius 1 is 0.967 bits per heavy atom. The van der Waals surface area contributed by atoms with E-state index in [0.717, 1.165) is 22.3 Å². The highest BCUT2D eigenvalue weighted by Crippen LogP contribution is 2.25. The molecule has 1 fully saturated rings. The maximum absolute atomic E-state index is 11.5. The zero-order valence-corrected chi connectivity index (χ0v) is 16.5. The highest BCUT2D eigenvalue weighted by Gasteiger charge is 2.43. The van der Waals surface area contributed by atoms with Gasteiger partial charge < -0.3 is 34.6 Å². The van der Waals surface area contributed by atoms with Gasteiger partial charge in [0.05, 0.1) is 26.7 Å². The van der Waals surface area contributed by atoms with Crippen molar-refractivity contribution in [1.29, 1.82) is 0 Å². The monoisotopic (exact) mass is 418 g/mol. The van der Waals surface area contributed by atoms with E-state index in [-0.39, 0.29) is 19.0 Å². The summed E-state index contributed by atoms with van der Waals surface area (Å²) in [5.41, 5.74) is 3.47. The highest BCUT2D eigenvalue weighted by molar-refractivity contribution is 5.74. The van der Waals surface area contributed by atoms with Crippen molar-refractivity contribution >= 4 is 5.97 Å². The van der Waals surface area contributed by atoms with Gasteiger partial charge in [-0.2, -0.15) is 0 Å². The number of carbonyl (C=O) groups is 1. The number of aliphatic hydroxyl groups excluding tert-OH is 4. The molecule has 1 aliphatic rings. The largest absolute Gasteiger partial charge is 0.469 e. The second-order valence-electron chi connectivity index (χ2n) is 7.16. The van der Waals surface area contributed by atoms with E-state index in [2.05, 4.69) is 0 Å². The third kappa shape index (κ3) is 5.23. The summed E-state index contributed by atoms with van der Waals surface area (Å²) in [6.07, 6.45) is -6.37. The number of benzene rings is 2. The Bertz CT molecular complexity index is 853. The molecule has 0 radical (unpaired) electrons. The molecular weight excluding hydrogens is 392 g/mol. The van der Waals surface area contributed by atoms with Gasteiger partial charge in [0.1, 0.15) is 24.4 Å². The fourth-order valence-corrected chi connectivity index (χ4v) is 3.32. The molecule has 2 aromatic carbocycles. The fourth-order valence-electron chi connectivity index (χ4n) is 3.32. The first kappa shape index (κ1) is 22.4. The van der Waals surface area contributed by atoms with Crippen molar-refractivity contribution in [1.82, 2.24) is 0 Å². The van der Waals surface area contributed by atoms with Crippen molar-refractivity contribution in [3.63, 3.8) is 0 Å². The van der Waals surface area contributed by atoms with E-state index in [1.165, 1.54) is 7.11 Å². The molecule has 1 saturated heterocycles. The summed E-state index contributed by atoms with van der Waals surface area (Å²) in [5, 5.41) is 39.0. The maximum Gasteiger partial charge on any atom is 0.309 e. The molecule has 5 atom stereocenters. The Labute approximate surface area is 174 Å². The lowest BCUT2D eigenvalue weighted by Crippen LogP contribution is -2.59. The molecule has 1 heterocycles. The van der Waals surface area contributed by atoms with Gasteiger partial charge in [-0.15, -0.1) is 0 Å². The van der Waals surface area contributed by atoms with Crippen LogP contribution in [-0.2, 0) is 32.0 Å². The van der Waals surface area contributed by atoms with Gasteiger partial charge in [-0.3, -0.25) is 4.79 Å². The Kier molecular flexibility index (Phi) is 7.54. The minimum absolute atomic E-state index is 0.0817. The predicted molar refractivity (Wildman–Crippen MR) is 106 cm³/mol. The molecule has 0 saturated carbocycles. The molecule has 5 unspecified atom stereocenters. The minimum Gasteiger partial charge on any atom is -0.469 e. The number of ether oxygens (including phenoxy) is 3. The number of esters is 1. The Balaban J connectivity index is 1.69. The zero-order valence-electron chi connectivity index (χ0n) is 16.5. The SMILES string of the molecule is COC(=O)Cc1cccc(-c2cccc(COC3OC(CO)C(O)C(O)C3O)c2)c1. The average Bonchev–Trinajstić information content (AvgIpc) is 2.77. The third-order valence-electron chi connectivity index (χ3n) is 5.03. The molecule has 2 aromatic rings. The first-order valence-electron chi connectivity index (χ1n) is 9.60. The van der Waals surface area contributed by atoms with E-state index < -0.39 is 37.3 Å². The summed E-state index contributed by atoms with van der Waals surface area (Å²) in [6, 6.07) is 15.1. The second-order valence-corrected chi connectivity index (χ2v) is 7.16. The van der Waals surface area contributed by atoms with Crippen LogP contribution >= 0.6 is 0 Å². The summed E-state index contributed by atoms with van der Waals surface area (Å²) in [6.45, 7) is -0.430. The molecule has 0 aliphatic carbocycles. The van der Waals surface area contributed by atoms with Gasteiger partial charge >= 0.3 is 5.97 Å². The normalized spacial score (nSPS) is 26.4. The quantitative estimate of drug-likeness (QED) is 0.476. The Morgan fingerprint density at radius 2 is 1.60 bits per heavy atom.